The molecule has 0 saturated heterocycles. The topological polar surface area (TPSA) is 99.8 Å². The zero-order valence-corrected chi connectivity index (χ0v) is 16.7. The molecule has 0 radical (unpaired) electrons. The van der Waals surface area contributed by atoms with E-state index in [-0.39, 0.29) is 5.69 Å². The maximum atomic E-state index is 13.4. The molecule has 4 rings (SSSR count). The summed E-state index contributed by atoms with van der Waals surface area (Å²) in [6.07, 6.45) is -2.25. The summed E-state index contributed by atoms with van der Waals surface area (Å²) in [5, 5.41) is 12.6. The first-order valence-electron chi connectivity index (χ1n) is 9.55. The van der Waals surface area contributed by atoms with Crippen molar-refractivity contribution in [1.29, 1.82) is 0 Å². The van der Waals surface area contributed by atoms with Crippen LogP contribution in [0.25, 0.3) is 22.2 Å². The number of alkyl halides is 3. The van der Waals surface area contributed by atoms with Crippen molar-refractivity contribution in [2.45, 2.75) is 12.6 Å². The highest BCUT2D eigenvalue weighted by Crippen LogP contribution is 2.33. The highest BCUT2D eigenvalue weighted by atomic mass is 19.4. The van der Waals surface area contributed by atoms with Crippen LogP contribution in [0.2, 0.25) is 0 Å². The van der Waals surface area contributed by atoms with E-state index in [1.54, 1.807) is 36.7 Å². The lowest BCUT2D eigenvalue weighted by atomic mass is 10.1. The molecule has 33 heavy (non-hydrogen) atoms. The van der Waals surface area contributed by atoms with E-state index in [9.17, 15) is 27.2 Å². The third-order valence-electron chi connectivity index (χ3n) is 4.66. The van der Waals surface area contributed by atoms with Gasteiger partial charge in [-0.2, -0.15) is 18.3 Å². The van der Waals surface area contributed by atoms with E-state index in [1.165, 1.54) is 0 Å². The van der Waals surface area contributed by atoms with Crippen molar-refractivity contribution in [2.75, 3.05) is 10.6 Å². The number of hydrogen-bond donors (Lipinski definition) is 3. The zero-order valence-electron chi connectivity index (χ0n) is 16.7. The van der Waals surface area contributed by atoms with Gasteiger partial charge in [-0.05, 0) is 48.5 Å². The van der Waals surface area contributed by atoms with Crippen molar-refractivity contribution in [2.24, 2.45) is 0 Å². The number of halogens is 4. The molecule has 2 aromatic carbocycles. The monoisotopic (exact) mass is 457 g/mol. The second-order valence-electron chi connectivity index (χ2n) is 7.04. The predicted octanol–water partition coefficient (Wildman–Crippen LogP) is 4.75. The van der Waals surface area contributed by atoms with Crippen LogP contribution in [0.1, 0.15) is 12.0 Å². The number of benzene rings is 2. The van der Waals surface area contributed by atoms with Gasteiger partial charge < -0.3 is 10.6 Å². The van der Waals surface area contributed by atoms with Crippen LogP contribution in [0.4, 0.5) is 28.9 Å². The standard InChI is InChI=1S/C22H15F4N5O2/c23-17-6-4-13(8-16(17)22(24,25)26)28-19(32)10-20(33)29-14-3-5-15-18(9-14)30-31-21(15)12-2-1-7-27-11-12/h1-9,11H,10H2,(H,28,32)(H,29,33)(H,30,31). The highest BCUT2D eigenvalue weighted by molar-refractivity contribution is 6.08. The Bertz CT molecular complexity index is 1340. The summed E-state index contributed by atoms with van der Waals surface area (Å²) in [6.45, 7) is 0. The maximum absolute atomic E-state index is 13.4. The third kappa shape index (κ3) is 4.97. The number of nitrogens with zero attached hydrogens (tertiary/aromatic N) is 2. The van der Waals surface area contributed by atoms with Crippen LogP contribution >= 0.6 is 0 Å². The van der Waals surface area contributed by atoms with Gasteiger partial charge in [0.1, 0.15) is 17.9 Å². The minimum atomic E-state index is -4.91. The summed E-state index contributed by atoms with van der Waals surface area (Å²) >= 11 is 0. The van der Waals surface area contributed by atoms with Gasteiger partial charge in [-0.3, -0.25) is 19.7 Å². The lowest BCUT2D eigenvalue weighted by Crippen LogP contribution is -2.21. The van der Waals surface area contributed by atoms with Crippen molar-refractivity contribution < 1.29 is 27.2 Å². The Morgan fingerprint density at radius 2 is 1.67 bits per heavy atom. The zero-order chi connectivity index (χ0) is 23.6. The quantitative estimate of drug-likeness (QED) is 0.298. The van der Waals surface area contributed by atoms with Gasteiger partial charge >= 0.3 is 6.18 Å². The summed E-state index contributed by atoms with van der Waals surface area (Å²) < 4.78 is 51.8. The van der Waals surface area contributed by atoms with Crippen LogP contribution in [-0.4, -0.2) is 27.0 Å². The fraction of sp³-hybridized carbons (Fsp3) is 0.0909. The van der Waals surface area contributed by atoms with Crippen molar-refractivity contribution in [3.8, 4) is 11.3 Å². The van der Waals surface area contributed by atoms with Crippen molar-refractivity contribution >= 4 is 34.1 Å². The van der Waals surface area contributed by atoms with Gasteiger partial charge in [-0.25, -0.2) is 4.39 Å². The molecule has 0 spiro atoms. The number of H-pyrrole nitrogens is 1. The predicted molar refractivity (Wildman–Crippen MR) is 113 cm³/mol. The first-order valence-corrected chi connectivity index (χ1v) is 9.55. The molecule has 0 atom stereocenters. The molecule has 2 amide bonds. The molecule has 0 bridgehead atoms. The SMILES string of the molecule is O=C(CC(=O)Nc1ccc2c(-c3cccnc3)n[nH]c2c1)Nc1ccc(F)c(C(F)(F)F)c1. The normalized spacial score (nSPS) is 11.4. The number of carbonyl (C=O) groups is 2. The van der Waals surface area contributed by atoms with E-state index < -0.39 is 35.8 Å². The maximum Gasteiger partial charge on any atom is 0.419 e. The Hall–Kier alpha value is -4.28. The summed E-state index contributed by atoms with van der Waals surface area (Å²) in [5.74, 6) is -3.00. The average molecular weight is 457 g/mol. The number of fused-ring (bicyclic) bond motifs is 1. The van der Waals surface area contributed by atoms with Crippen molar-refractivity contribution in [3.63, 3.8) is 0 Å². The molecule has 2 heterocycles. The molecule has 0 unspecified atom stereocenters. The lowest BCUT2D eigenvalue weighted by molar-refractivity contribution is -0.140. The van der Waals surface area contributed by atoms with E-state index in [2.05, 4.69) is 25.8 Å². The highest BCUT2D eigenvalue weighted by Gasteiger charge is 2.34. The smallest absolute Gasteiger partial charge is 0.326 e. The van der Waals surface area contributed by atoms with Crippen LogP contribution in [0.3, 0.4) is 0 Å². The molecule has 11 heteroatoms. The molecule has 4 aromatic rings. The molecule has 0 saturated carbocycles. The van der Waals surface area contributed by atoms with E-state index in [0.717, 1.165) is 17.0 Å². The van der Waals surface area contributed by atoms with E-state index in [1.807, 2.05) is 6.07 Å². The van der Waals surface area contributed by atoms with Crippen LogP contribution < -0.4 is 10.6 Å². The first-order chi connectivity index (χ1) is 15.7. The van der Waals surface area contributed by atoms with Crippen LogP contribution in [-0.2, 0) is 15.8 Å². The molecule has 0 aliphatic rings. The fourth-order valence-corrected chi connectivity index (χ4v) is 3.20. The molecule has 168 valence electrons. The van der Waals surface area contributed by atoms with Crippen molar-refractivity contribution in [3.05, 3.63) is 72.3 Å². The minimum Gasteiger partial charge on any atom is -0.326 e. The number of rotatable bonds is 5. The summed E-state index contributed by atoms with van der Waals surface area (Å²) in [7, 11) is 0. The Kier molecular flexibility index (Phi) is 5.78. The van der Waals surface area contributed by atoms with Crippen LogP contribution in [0, 0.1) is 5.82 Å². The Labute approximate surface area is 183 Å². The molecule has 7 nitrogen and oxygen atoms in total. The van der Waals surface area contributed by atoms with E-state index in [4.69, 9.17) is 0 Å². The molecular weight excluding hydrogens is 442 g/mol. The van der Waals surface area contributed by atoms with Crippen molar-refractivity contribution in [1.82, 2.24) is 15.2 Å². The summed E-state index contributed by atoms with van der Waals surface area (Å²) in [4.78, 5) is 28.3. The van der Waals surface area contributed by atoms with Gasteiger partial charge in [-0.1, -0.05) is 0 Å². The molecule has 0 fully saturated rings. The average Bonchev–Trinajstić information content (AvgIpc) is 3.18. The van der Waals surface area contributed by atoms with Gasteiger partial charge in [0.05, 0.1) is 11.1 Å². The second kappa shape index (κ2) is 8.69. The molecular formula is C22H15F4N5O2. The first kappa shape index (κ1) is 21.9. The largest absolute Gasteiger partial charge is 0.419 e. The van der Waals surface area contributed by atoms with Gasteiger partial charge in [-0.15, -0.1) is 0 Å². The van der Waals surface area contributed by atoms with Gasteiger partial charge in [0.2, 0.25) is 11.8 Å². The van der Waals surface area contributed by atoms with Crippen LogP contribution in [0.15, 0.2) is 60.9 Å². The number of amides is 2. The number of aromatic amines is 1. The van der Waals surface area contributed by atoms with E-state index in [0.29, 0.717) is 29.0 Å². The van der Waals surface area contributed by atoms with Gasteiger partial charge in [0.25, 0.3) is 0 Å². The third-order valence-corrected chi connectivity index (χ3v) is 4.66. The molecule has 0 aliphatic carbocycles. The summed E-state index contributed by atoms with van der Waals surface area (Å²) in [6, 6.07) is 10.7. The number of carbonyl (C=O) groups excluding carboxylic acids is 2. The lowest BCUT2D eigenvalue weighted by Gasteiger charge is -2.11. The fourth-order valence-electron chi connectivity index (χ4n) is 3.20. The Balaban J connectivity index is 1.41. The molecule has 2 aromatic heterocycles. The van der Waals surface area contributed by atoms with Gasteiger partial charge in [0, 0.05) is 34.7 Å². The number of anilines is 2. The Morgan fingerprint density at radius 1 is 0.970 bits per heavy atom. The van der Waals surface area contributed by atoms with Gasteiger partial charge in [0.15, 0.2) is 0 Å². The minimum absolute atomic E-state index is 0.275. The number of nitrogens with one attached hydrogen (secondary N) is 3. The molecule has 3 N–H and O–H groups in total. The summed E-state index contributed by atoms with van der Waals surface area (Å²) in [5.41, 5.74) is 0.746. The number of aromatic nitrogens is 3. The molecule has 0 aliphatic heterocycles. The number of pyridine rings is 1. The Morgan fingerprint density at radius 3 is 2.33 bits per heavy atom. The number of hydrogen-bond acceptors (Lipinski definition) is 4. The second-order valence-corrected chi connectivity index (χ2v) is 7.04. The van der Waals surface area contributed by atoms with E-state index >= 15 is 0 Å². The van der Waals surface area contributed by atoms with Crippen LogP contribution in [0.5, 0.6) is 0 Å².